The molecule has 0 aromatic heterocycles. The second kappa shape index (κ2) is 11.6. The van der Waals surface area contributed by atoms with Gasteiger partial charge in [-0.1, -0.05) is 27.7 Å². The summed E-state index contributed by atoms with van der Waals surface area (Å²) in [6, 6.07) is -0.890. The maximum atomic E-state index is 12.6. The van der Waals surface area contributed by atoms with Gasteiger partial charge in [0.1, 0.15) is 12.5 Å². The predicted molar refractivity (Wildman–Crippen MR) is 94.0 cm³/mol. The Balaban J connectivity index is 5.27. The van der Waals surface area contributed by atoms with Crippen molar-refractivity contribution in [2.24, 2.45) is 11.8 Å². The van der Waals surface area contributed by atoms with E-state index in [1.165, 1.54) is 14.0 Å². The summed E-state index contributed by atoms with van der Waals surface area (Å²) < 4.78 is 9.60. The van der Waals surface area contributed by atoms with Gasteiger partial charge in [0.05, 0.1) is 13.2 Å². The quantitative estimate of drug-likeness (QED) is 0.409. The number of methoxy groups -OCH3 is 1. The van der Waals surface area contributed by atoms with Crippen molar-refractivity contribution in [2.75, 3.05) is 7.11 Å². The highest BCUT2D eigenvalue weighted by Crippen LogP contribution is 2.15. The van der Waals surface area contributed by atoms with Crippen molar-refractivity contribution >= 4 is 23.6 Å². The van der Waals surface area contributed by atoms with Gasteiger partial charge >= 0.3 is 11.9 Å². The molecule has 8 nitrogen and oxygen atoms in total. The van der Waals surface area contributed by atoms with Crippen molar-refractivity contribution in [1.29, 1.82) is 0 Å². The molecular weight excluding hydrogens is 342 g/mol. The van der Waals surface area contributed by atoms with Crippen molar-refractivity contribution < 1.29 is 33.8 Å². The molecule has 0 aliphatic carbocycles. The lowest BCUT2D eigenvalue weighted by atomic mass is 9.96. The first-order valence-corrected chi connectivity index (χ1v) is 8.81. The largest absolute Gasteiger partial charge is 0.469 e. The first kappa shape index (κ1) is 24.0. The molecule has 0 rings (SSSR count). The SMILES string of the molecule is CCC(C)[C@H](OC(=O)[C@H](C)O)C(=O)N[C@@H](CC(C)C)C(=O)CC(=O)OC. The van der Waals surface area contributed by atoms with Crippen molar-refractivity contribution in [3.8, 4) is 0 Å². The summed E-state index contributed by atoms with van der Waals surface area (Å²) in [5, 5.41) is 11.9. The van der Waals surface area contributed by atoms with E-state index in [0.717, 1.165) is 0 Å². The second-order valence-electron chi connectivity index (χ2n) is 6.83. The minimum atomic E-state index is -1.36. The van der Waals surface area contributed by atoms with Gasteiger partial charge in [-0.15, -0.1) is 0 Å². The van der Waals surface area contributed by atoms with E-state index in [0.29, 0.717) is 12.8 Å². The van der Waals surface area contributed by atoms with E-state index >= 15 is 0 Å². The zero-order chi connectivity index (χ0) is 20.4. The number of ether oxygens (including phenoxy) is 2. The Kier molecular flexibility index (Phi) is 10.7. The van der Waals surface area contributed by atoms with E-state index in [-0.39, 0.29) is 11.8 Å². The van der Waals surface area contributed by atoms with Crippen molar-refractivity contribution in [1.82, 2.24) is 5.32 Å². The number of ketones is 1. The molecule has 4 atom stereocenters. The maximum Gasteiger partial charge on any atom is 0.335 e. The fraction of sp³-hybridized carbons (Fsp3) is 0.778. The number of nitrogens with one attached hydrogen (secondary N) is 1. The normalized spacial score (nSPS) is 15.5. The Morgan fingerprint density at radius 2 is 1.65 bits per heavy atom. The Labute approximate surface area is 154 Å². The summed E-state index contributed by atoms with van der Waals surface area (Å²) in [7, 11) is 1.18. The van der Waals surface area contributed by atoms with E-state index in [1.54, 1.807) is 6.92 Å². The molecule has 0 bridgehead atoms. The number of hydrogen-bond donors (Lipinski definition) is 2. The molecule has 0 heterocycles. The van der Waals surface area contributed by atoms with Gasteiger partial charge in [-0.25, -0.2) is 4.79 Å². The van der Waals surface area contributed by atoms with Crippen LogP contribution in [0, 0.1) is 11.8 Å². The van der Waals surface area contributed by atoms with Gasteiger partial charge in [0.15, 0.2) is 11.9 Å². The fourth-order valence-electron chi connectivity index (χ4n) is 2.20. The van der Waals surface area contributed by atoms with Crippen LogP contribution in [0.2, 0.25) is 0 Å². The van der Waals surface area contributed by atoms with Gasteiger partial charge in [0.25, 0.3) is 5.91 Å². The summed E-state index contributed by atoms with van der Waals surface area (Å²) in [6.07, 6.45) is -2.06. The van der Waals surface area contributed by atoms with Gasteiger partial charge in [-0.3, -0.25) is 14.4 Å². The first-order valence-electron chi connectivity index (χ1n) is 8.81. The summed E-state index contributed by atoms with van der Waals surface area (Å²) in [4.78, 5) is 48.0. The molecule has 8 heteroatoms. The third kappa shape index (κ3) is 8.42. The average Bonchev–Trinajstić information content (AvgIpc) is 2.56. The molecule has 0 spiro atoms. The van der Waals surface area contributed by atoms with Gasteiger partial charge in [-0.2, -0.15) is 0 Å². The van der Waals surface area contributed by atoms with Crippen LogP contribution in [0.5, 0.6) is 0 Å². The van der Waals surface area contributed by atoms with E-state index < -0.39 is 48.3 Å². The molecule has 0 aromatic carbocycles. The Morgan fingerprint density at radius 1 is 1.08 bits per heavy atom. The van der Waals surface area contributed by atoms with Crippen molar-refractivity contribution in [3.63, 3.8) is 0 Å². The maximum absolute atomic E-state index is 12.6. The topological polar surface area (TPSA) is 119 Å². The predicted octanol–water partition coefficient (Wildman–Crippen LogP) is 0.988. The van der Waals surface area contributed by atoms with Crippen LogP contribution >= 0.6 is 0 Å². The Hall–Kier alpha value is -1.96. The van der Waals surface area contributed by atoms with Crippen molar-refractivity contribution in [2.45, 2.75) is 72.1 Å². The zero-order valence-electron chi connectivity index (χ0n) is 16.4. The fourth-order valence-corrected chi connectivity index (χ4v) is 2.20. The summed E-state index contributed by atoms with van der Waals surface area (Å²) in [5.41, 5.74) is 0. The van der Waals surface area contributed by atoms with Gasteiger partial charge in [0, 0.05) is 5.92 Å². The Bertz CT molecular complexity index is 502. The lowest BCUT2D eigenvalue weighted by Gasteiger charge is -2.26. The minimum Gasteiger partial charge on any atom is -0.469 e. The smallest absolute Gasteiger partial charge is 0.335 e. The van der Waals surface area contributed by atoms with Crippen LogP contribution in [-0.2, 0) is 28.7 Å². The summed E-state index contributed by atoms with van der Waals surface area (Å²) >= 11 is 0. The van der Waals surface area contributed by atoms with E-state index in [2.05, 4.69) is 10.1 Å². The number of carbonyl (C=O) groups excluding carboxylic acids is 4. The van der Waals surface area contributed by atoms with Gasteiger partial charge in [0.2, 0.25) is 0 Å². The molecule has 1 unspecified atom stereocenters. The van der Waals surface area contributed by atoms with Crippen molar-refractivity contribution in [3.05, 3.63) is 0 Å². The minimum absolute atomic E-state index is 0.0870. The Morgan fingerprint density at radius 3 is 2.08 bits per heavy atom. The lowest BCUT2D eigenvalue weighted by molar-refractivity contribution is -0.166. The average molecular weight is 373 g/mol. The van der Waals surface area contributed by atoms with Crippen LogP contribution < -0.4 is 5.32 Å². The third-order valence-electron chi connectivity index (χ3n) is 3.96. The molecule has 0 fully saturated rings. The molecule has 150 valence electrons. The summed E-state index contributed by atoms with van der Waals surface area (Å²) in [5.74, 6) is -2.92. The second-order valence-corrected chi connectivity index (χ2v) is 6.83. The molecule has 0 saturated heterocycles. The number of hydrogen-bond acceptors (Lipinski definition) is 7. The molecule has 2 N–H and O–H groups in total. The molecule has 0 aliphatic heterocycles. The van der Waals surface area contributed by atoms with Crippen LogP contribution in [0.4, 0.5) is 0 Å². The van der Waals surface area contributed by atoms with E-state index in [9.17, 15) is 24.3 Å². The molecular formula is C18H31NO7. The third-order valence-corrected chi connectivity index (χ3v) is 3.96. The monoisotopic (exact) mass is 373 g/mol. The molecule has 0 aromatic rings. The number of carbonyl (C=O) groups is 4. The van der Waals surface area contributed by atoms with Crippen LogP contribution in [0.15, 0.2) is 0 Å². The highest BCUT2D eigenvalue weighted by Gasteiger charge is 2.33. The summed E-state index contributed by atoms with van der Waals surface area (Å²) in [6.45, 7) is 8.56. The molecule has 0 radical (unpaired) electrons. The van der Waals surface area contributed by atoms with Crippen LogP contribution in [0.3, 0.4) is 0 Å². The van der Waals surface area contributed by atoms with Crippen LogP contribution in [0.25, 0.3) is 0 Å². The molecule has 0 saturated carbocycles. The lowest BCUT2D eigenvalue weighted by Crippen LogP contribution is -2.50. The molecule has 26 heavy (non-hydrogen) atoms. The zero-order valence-corrected chi connectivity index (χ0v) is 16.4. The standard InChI is InChI=1S/C18H31NO7/c1-7-11(4)16(26-18(24)12(5)20)17(23)19-13(8-10(2)3)14(21)9-15(22)25-6/h10-13,16,20H,7-9H2,1-6H3,(H,19,23)/t11?,12-,13-,16-/m0/s1. The number of Topliss-reactive ketones (excluding diaryl/α,β-unsaturated/α-hetero) is 1. The van der Waals surface area contributed by atoms with Gasteiger partial charge in [-0.05, 0) is 25.7 Å². The highest BCUT2D eigenvalue weighted by molar-refractivity contribution is 6.00. The number of amides is 1. The molecule has 0 aliphatic rings. The number of esters is 2. The number of rotatable bonds is 11. The molecule has 1 amide bonds. The first-order chi connectivity index (χ1) is 12.0. The van der Waals surface area contributed by atoms with Crippen LogP contribution in [-0.4, -0.2) is 54.1 Å². The van der Waals surface area contributed by atoms with E-state index in [1.807, 2.05) is 20.8 Å². The number of aliphatic hydroxyl groups is 1. The highest BCUT2D eigenvalue weighted by atomic mass is 16.6. The number of aliphatic hydroxyl groups excluding tert-OH is 1. The van der Waals surface area contributed by atoms with Crippen LogP contribution in [0.1, 0.15) is 53.9 Å². The van der Waals surface area contributed by atoms with E-state index in [4.69, 9.17) is 4.74 Å². The van der Waals surface area contributed by atoms with Gasteiger partial charge < -0.3 is 19.9 Å².